The van der Waals surface area contributed by atoms with Gasteiger partial charge in [0.15, 0.2) is 0 Å². The molecule has 4 N–H and O–H groups in total. The lowest BCUT2D eigenvalue weighted by Crippen LogP contribution is -2.62. The molecule has 2 amide bonds. The zero-order valence-electron chi connectivity index (χ0n) is 31.8. The predicted octanol–water partition coefficient (Wildman–Crippen LogP) is 4.64. The highest BCUT2D eigenvalue weighted by Crippen LogP contribution is 2.61. The van der Waals surface area contributed by atoms with Gasteiger partial charge >= 0.3 is 0 Å². The highest BCUT2D eigenvalue weighted by Gasteiger charge is 2.57. The quantitative estimate of drug-likeness (QED) is 0.201. The van der Waals surface area contributed by atoms with Crippen molar-refractivity contribution in [1.29, 1.82) is 0 Å². The number of hydroxylamine groups is 2. The molecule has 1 aliphatic heterocycles. The highest BCUT2D eigenvalue weighted by atomic mass is 16.7. The fraction of sp³-hybridized carbons (Fsp3) is 0.537. The Bertz CT molecular complexity index is 1730. The van der Waals surface area contributed by atoms with E-state index in [-0.39, 0.29) is 24.4 Å². The minimum atomic E-state index is -0.810. The van der Waals surface area contributed by atoms with Crippen LogP contribution in [-0.4, -0.2) is 86.1 Å². The second-order valence-electron chi connectivity index (χ2n) is 15.8. The summed E-state index contributed by atoms with van der Waals surface area (Å²) in [6.07, 6.45) is 4.43. The maximum absolute atomic E-state index is 14.5. The molecule has 7 rings (SSSR count). The summed E-state index contributed by atoms with van der Waals surface area (Å²) in [6, 6.07) is 14.9. The van der Waals surface area contributed by atoms with E-state index in [4.69, 9.17) is 9.57 Å². The van der Waals surface area contributed by atoms with Gasteiger partial charge in [-0.1, -0.05) is 39.0 Å². The molecule has 8 atom stereocenters. The molecular formula is C41H56N6O5. The first kappa shape index (κ1) is 37.7. The van der Waals surface area contributed by atoms with Crippen LogP contribution in [0.2, 0.25) is 0 Å². The largest absolute Gasteiger partial charge is 0.496 e. The molecule has 4 aliphatic rings. The number of rotatable bonds is 13. The van der Waals surface area contributed by atoms with Gasteiger partial charge in [0.2, 0.25) is 5.91 Å². The van der Waals surface area contributed by atoms with Gasteiger partial charge in [-0.25, -0.2) is 0 Å². The molecule has 4 fully saturated rings. The zero-order chi connectivity index (χ0) is 37.3. The normalized spacial score (nSPS) is 27.0. The topological polar surface area (TPSA) is 128 Å². The number of methoxy groups -OCH3 is 1. The van der Waals surface area contributed by atoms with E-state index in [9.17, 15) is 14.7 Å². The third-order valence-electron chi connectivity index (χ3n) is 12.2. The molecule has 0 radical (unpaired) electrons. The number of aliphatic hydroxyl groups is 1. The van der Waals surface area contributed by atoms with Crippen LogP contribution in [0.5, 0.6) is 5.75 Å². The molecule has 1 aromatic heterocycles. The number of fused-ring (bicyclic) bond motifs is 2. The van der Waals surface area contributed by atoms with E-state index in [0.29, 0.717) is 47.6 Å². The lowest BCUT2D eigenvalue weighted by Gasteiger charge is -2.62. The van der Waals surface area contributed by atoms with Crippen molar-refractivity contribution in [1.82, 2.24) is 26.0 Å². The lowest BCUT2D eigenvalue weighted by atomic mass is 9.45. The Hall–Kier alpha value is -4.03. The standard InChI is InChI=1S/C41H56N6O5/c1-24-33-19-30(41(33,3)4)20-34(24)45-40(50)37-36(25(2)48)35(22-44-21-26-12-14-43-15-13-26)52-47(37)23-27-10-9-11-32(38(27)51-8)28-16-29(39(49)42-5)18-31(17-28)46(6)7/h9-18,24-25,30,33-37,44,48H,19-23H2,1-8H3,(H,42,49)(H,45,50)/t24-,25-,30+,33+,34-,35-,36+,37-/m0/s1. The average molecular weight is 713 g/mol. The third-order valence-corrected chi connectivity index (χ3v) is 12.2. The first-order valence-corrected chi connectivity index (χ1v) is 18.6. The van der Waals surface area contributed by atoms with Crippen LogP contribution < -0.4 is 25.6 Å². The smallest absolute Gasteiger partial charge is 0.251 e. The molecule has 11 heteroatoms. The van der Waals surface area contributed by atoms with Crippen molar-refractivity contribution in [2.24, 2.45) is 29.1 Å². The number of benzene rings is 2. The number of hydrogen-bond donors (Lipinski definition) is 4. The number of carbonyl (C=O) groups is 2. The van der Waals surface area contributed by atoms with E-state index < -0.39 is 24.2 Å². The zero-order valence-corrected chi connectivity index (χ0v) is 31.8. The van der Waals surface area contributed by atoms with Gasteiger partial charge in [0.05, 0.1) is 25.9 Å². The van der Waals surface area contributed by atoms with E-state index in [1.54, 1.807) is 38.5 Å². The van der Waals surface area contributed by atoms with Gasteiger partial charge in [-0.3, -0.25) is 19.4 Å². The van der Waals surface area contributed by atoms with Crippen LogP contribution in [0.1, 0.15) is 62.0 Å². The molecule has 52 heavy (non-hydrogen) atoms. The molecule has 0 spiro atoms. The Morgan fingerprint density at radius 1 is 1.13 bits per heavy atom. The first-order valence-electron chi connectivity index (χ1n) is 18.6. The summed E-state index contributed by atoms with van der Waals surface area (Å²) in [4.78, 5) is 40.0. The Kier molecular flexibility index (Phi) is 11.3. The Morgan fingerprint density at radius 3 is 2.52 bits per heavy atom. The van der Waals surface area contributed by atoms with Gasteiger partial charge < -0.3 is 30.7 Å². The van der Waals surface area contributed by atoms with Crippen molar-refractivity contribution in [3.8, 4) is 16.9 Å². The van der Waals surface area contributed by atoms with Gasteiger partial charge in [-0.05, 0) is 84.4 Å². The molecule has 2 aromatic carbocycles. The fourth-order valence-electron chi connectivity index (χ4n) is 9.01. The molecule has 2 bridgehead atoms. The molecular weight excluding hydrogens is 656 g/mol. The predicted molar refractivity (Wildman–Crippen MR) is 203 cm³/mol. The van der Waals surface area contributed by atoms with E-state index in [2.05, 4.69) is 41.7 Å². The number of ether oxygens (including phenoxy) is 1. The minimum Gasteiger partial charge on any atom is -0.496 e. The second kappa shape index (κ2) is 15.5. The summed E-state index contributed by atoms with van der Waals surface area (Å²) in [5.41, 5.74) is 5.26. The summed E-state index contributed by atoms with van der Waals surface area (Å²) in [5.74, 6) is 1.36. The Labute approximate surface area is 308 Å². The van der Waals surface area contributed by atoms with Crippen molar-refractivity contribution in [2.75, 3.05) is 39.7 Å². The molecule has 3 aromatic rings. The van der Waals surface area contributed by atoms with Crippen molar-refractivity contribution < 1.29 is 24.3 Å². The molecule has 3 saturated carbocycles. The van der Waals surface area contributed by atoms with Crippen LogP contribution in [0, 0.1) is 29.1 Å². The monoisotopic (exact) mass is 712 g/mol. The Balaban J connectivity index is 1.31. The number of nitrogens with zero attached hydrogens (tertiary/aromatic N) is 3. The number of para-hydroxylation sites is 1. The lowest BCUT2D eigenvalue weighted by molar-refractivity contribution is -0.176. The summed E-state index contributed by atoms with van der Waals surface area (Å²) in [5, 5.41) is 22.7. The summed E-state index contributed by atoms with van der Waals surface area (Å²) in [7, 11) is 7.13. The molecule has 11 nitrogen and oxygen atoms in total. The van der Waals surface area contributed by atoms with Crippen LogP contribution in [-0.2, 0) is 22.7 Å². The van der Waals surface area contributed by atoms with Crippen LogP contribution in [0.25, 0.3) is 11.1 Å². The fourth-order valence-corrected chi connectivity index (χ4v) is 9.01. The Morgan fingerprint density at radius 2 is 1.88 bits per heavy atom. The van der Waals surface area contributed by atoms with Crippen molar-refractivity contribution in [3.05, 3.63) is 77.6 Å². The summed E-state index contributed by atoms with van der Waals surface area (Å²) in [6.45, 7) is 10.0. The third kappa shape index (κ3) is 7.42. The minimum absolute atomic E-state index is 0.0704. The van der Waals surface area contributed by atoms with E-state index in [1.807, 2.05) is 67.5 Å². The number of amides is 2. The number of anilines is 1. The van der Waals surface area contributed by atoms with Crippen LogP contribution in [0.4, 0.5) is 5.69 Å². The average Bonchev–Trinajstić information content (AvgIpc) is 3.49. The van der Waals surface area contributed by atoms with Crippen molar-refractivity contribution in [2.45, 2.75) is 77.9 Å². The highest BCUT2D eigenvalue weighted by molar-refractivity contribution is 5.97. The van der Waals surface area contributed by atoms with Crippen molar-refractivity contribution in [3.63, 3.8) is 0 Å². The van der Waals surface area contributed by atoms with Crippen molar-refractivity contribution >= 4 is 17.5 Å². The number of nitrogens with one attached hydrogen (secondary N) is 3. The van der Waals surface area contributed by atoms with Gasteiger partial charge in [0.1, 0.15) is 11.8 Å². The van der Waals surface area contributed by atoms with Crippen LogP contribution >= 0.6 is 0 Å². The van der Waals surface area contributed by atoms with E-state index in [0.717, 1.165) is 34.4 Å². The number of hydrogen-bond acceptors (Lipinski definition) is 9. The molecule has 3 aliphatic carbocycles. The summed E-state index contributed by atoms with van der Waals surface area (Å²) >= 11 is 0. The van der Waals surface area contributed by atoms with E-state index >= 15 is 0 Å². The summed E-state index contributed by atoms with van der Waals surface area (Å²) < 4.78 is 6.09. The van der Waals surface area contributed by atoms with Crippen LogP contribution in [0.15, 0.2) is 60.9 Å². The maximum Gasteiger partial charge on any atom is 0.251 e. The molecule has 1 saturated heterocycles. The number of carbonyl (C=O) groups excluding carboxylic acids is 2. The van der Waals surface area contributed by atoms with E-state index in [1.165, 1.54) is 6.42 Å². The maximum atomic E-state index is 14.5. The van der Waals surface area contributed by atoms with Gasteiger partial charge in [0, 0.05) is 81.0 Å². The van der Waals surface area contributed by atoms with Gasteiger partial charge in [-0.15, -0.1) is 0 Å². The number of aliphatic hydroxyl groups excluding tert-OH is 1. The number of aromatic nitrogens is 1. The second-order valence-corrected chi connectivity index (χ2v) is 15.8. The SMILES string of the molecule is CNC(=O)c1cc(-c2cccc(CN3O[C@@H](CNCc4ccncc4)[C@@H]([C@H](C)O)[C@H]3C(=O)N[C@H]3C[C@H]4C[C@H]([C@@H]3C)C4(C)C)c2OC)cc(N(C)C)c1. The van der Waals surface area contributed by atoms with Crippen LogP contribution in [0.3, 0.4) is 0 Å². The molecule has 0 unspecified atom stereocenters. The number of pyridine rings is 1. The molecule has 2 heterocycles. The van der Waals surface area contributed by atoms with Gasteiger partial charge in [0.25, 0.3) is 5.91 Å². The first-order chi connectivity index (χ1) is 24.8. The molecule has 280 valence electrons. The van der Waals surface area contributed by atoms with Gasteiger partial charge in [-0.2, -0.15) is 5.06 Å².